The topological polar surface area (TPSA) is 41.1 Å². The van der Waals surface area contributed by atoms with Crippen molar-refractivity contribution in [3.8, 4) is 0 Å². The van der Waals surface area contributed by atoms with E-state index in [1.807, 2.05) is 50.2 Å². The summed E-state index contributed by atoms with van der Waals surface area (Å²) in [6.07, 6.45) is 2.37. The summed E-state index contributed by atoms with van der Waals surface area (Å²) >= 11 is 0. The molecular formula is C19H22N2O. The van der Waals surface area contributed by atoms with Crippen LogP contribution in [0.5, 0.6) is 0 Å². The molecule has 1 atom stereocenters. The lowest BCUT2D eigenvalue weighted by Gasteiger charge is -2.20. The number of aryl methyl sites for hydroxylation is 2. The highest BCUT2D eigenvalue weighted by atomic mass is 16.2. The molecule has 2 amide bonds. The van der Waals surface area contributed by atoms with E-state index < -0.39 is 0 Å². The van der Waals surface area contributed by atoms with E-state index in [4.69, 9.17) is 0 Å². The van der Waals surface area contributed by atoms with Crippen molar-refractivity contribution >= 4 is 11.7 Å². The number of amides is 2. The van der Waals surface area contributed by atoms with Gasteiger partial charge < -0.3 is 10.6 Å². The van der Waals surface area contributed by atoms with Crippen LogP contribution in [0.1, 0.15) is 35.6 Å². The first-order valence-corrected chi connectivity index (χ1v) is 7.84. The maximum absolute atomic E-state index is 12.4. The van der Waals surface area contributed by atoms with E-state index >= 15 is 0 Å². The molecule has 2 N–H and O–H groups in total. The average Bonchev–Trinajstić information content (AvgIpc) is 3.34. The molecule has 1 unspecified atom stereocenters. The van der Waals surface area contributed by atoms with Crippen molar-refractivity contribution in [3.05, 3.63) is 65.2 Å². The number of carbonyl (C=O) groups excluding carboxylic acids is 1. The van der Waals surface area contributed by atoms with Crippen LogP contribution in [0.4, 0.5) is 10.5 Å². The predicted molar refractivity (Wildman–Crippen MR) is 90.0 cm³/mol. The van der Waals surface area contributed by atoms with Gasteiger partial charge in [0.2, 0.25) is 0 Å². The van der Waals surface area contributed by atoms with E-state index in [1.165, 1.54) is 18.4 Å². The number of benzene rings is 2. The second-order valence-corrected chi connectivity index (χ2v) is 6.09. The van der Waals surface area contributed by atoms with Crippen LogP contribution in [-0.2, 0) is 0 Å². The summed E-state index contributed by atoms with van der Waals surface area (Å²) in [4.78, 5) is 12.4. The minimum Gasteiger partial charge on any atom is -0.331 e. The largest absolute Gasteiger partial charge is 0.331 e. The molecule has 0 aromatic heterocycles. The van der Waals surface area contributed by atoms with Gasteiger partial charge in [-0.1, -0.05) is 48.5 Å². The van der Waals surface area contributed by atoms with Crippen molar-refractivity contribution < 1.29 is 4.79 Å². The lowest BCUT2D eigenvalue weighted by Crippen LogP contribution is -2.34. The maximum atomic E-state index is 12.4. The van der Waals surface area contributed by atoms with Crippen LogP contribution >= 0.6 is 0 Å². The van der Waals surface area contributed by atoms with Crippen LogP contribution in [0, 0.1) is 19.8 Å². The maximum Gasteiger partial charge on any atom is 0.319 e. The monoisotopic (exact) mass is 294 g/mol. The molecule has 3 rings (SSSR count). The lowest BCUT2D eigenvalue weighted by atomic mass is 10.0. The number of rotatable bonds is 4. The van der Waals surface area contributed by atoms with E-state index in [0.717, 1.165) is 16.8 Å². The summed E-state index contributed by atoms with van der Waals surface area (Å²) in [6, 6.07) is 16.2. The molecule has 2 aromatic carbocycles. The molecule has 0 aliphatic heterocycles. The van der Waals surface area contributed by atoms with Gasteiger partial charge in [-0.2, -0.15) is 0 Å². The van der Waals surface area contributed by atoms with Gasteiger partial charge in [-0.3, -0.25) is 0 Å². The Hall–Kier alpha value is -2.29. The Balaban J connectivity index is 1.72. The Bertz CT molecular complexity index is 642. The molecule has 1 fully saturated rings. The molecule has 0 spiro atoms. The molecule has 0 bridgehead atoms. The van der Waals surface area contributed by atoms with Crippen molar-refractivity contribution in [2.24, 2.45) is 5.92 Å². The number of anilines is 1. The minimum atomic E-state index is -0.127. The van der Waals surface area contributed by atoms with Crippen molar-refractivity contribution in [2.75, 3.05) is 5.32 Å². The Morgan fingerprint density at radius 2 is 1.64 bits per heavy atom. The van der Waals surface area contributed by atoms with Crippen LogP contribution in [0.25, 0.3) is 0 Å². The Morgan fingerprint density at radius 3 is 2.23 bits per heavy atom. The number of carbonyl (C=O) groups is 1. The van der Waals surface area contributed by atoms with Crippen LogP contribution in [0.15, 0.2) is 48.5 Å². The van der Waals surface area contributed by atoms with Crippen LogP contribution in [0.3, 0.4) is 0 Å². The average molecular weight is 294 g/mol. The lowest BCUT2D eigenvalue weighted by molar-refractivity contribution is 0.247. The molecular weight excluding hydrogens is 272 g/mol. The molecule has 3 nitrogen and oxygen atoms in total. The summed E-state index contributed by atoms with van der Waals surface area (Å²) < 4.78 is 0. The Morgan fingerprint density at radius 1 is 1.00 bits per heavy atom. The number of para-hydroxylation sites is 1. The summed E-state index contributed by atoms with van der Waals surface area (Å²) in [7, 11) is 0. The van der Waals surface area contributed by atoms with Crippen LogP contribution in [-0.4, -0.2) is 6.03 Å². The molecule has 0 heterocycles. The fraction of sp³-hybridized carbons (Fsp3) is 0.316. The highest BCUT2D eigenvalue weighted by molar-refractivity contribution is 5.91. The fourth-order valence-corrected chi connectivity index (χ4v) is 2.87. The third-order valence-electron chi connectivity index (χ3n) is 4.26. The third kappa shape index (κ3) is 3.30. The SMILES string of the molecule is Cc1cccc(C)c1NC(=O)NC(c1ccccc1)C1CC1. The van der Waals surface area contributed by atoms with Gasteiger partial charge in [-0.15, -0.1) is 0 Å². The minimum absolute atomic E-state index is 0.102. The summed E-state index contributed by atoms with van der Waals surface area (Å²) in [5.74, 6) is 0.561. The zero-order valence-corrected chi connectivity index (χ0v) is 13.1. The predicted octanol–water partition coefficient (Wildman–Crippen LogP) is 4.58. The quantitative estimate of drug-likeness (QED) is 0.851. The highest BCUT2D eigenvalue weighted by Crippen LogP contribution is 2.41. The summed E-state index contributed by atoms with van der Waals surface area (Å²) in [5.41, 5.74) is 4.25. The van der Waals surface area contributed by atoms with Gasteiger partial charge in [-0.05, 0) is 49.3 Å². The van der Waals surface area contributed by atoms with Gasteiger partial charge in [0.15, 0.2) is 0 Å². The fourth-order valence-electron chi connectivity index (χ4n) is 2.87. The standard InChI is InChI=1S/C19H22N2O/c1-13-7-6-8-14(2)17(13)20-19(22)21-18(16-11-12-16)15-9-4-3-5-10-15/h3-10,16,18H,11-12H2,1-2H3,(H2,20,21,22). The highest BCUT2D eigenvalue weighted by Gasteiger charge is 2.33. The van der Waals surface area contributed by atoms with Gasteiger partial charge in [0, 0.05) is 5.69 Å². The van der Waals surface area contributed by atoms with Crippen molar-refractivity contribution in [1.82, 2.24) is 5.32 Å². The molecule has 1 aliphatic rings. The first kappa shape index (κ1) is 14.6. The van der Waals surface area contributed by atoms with E-state index in [-0.39, 0.29) is 12.1 Å². The first-order valence-electron chi connectivity index (χ1n) is 7.84. The van der Waals surface area contributed by atoms with Gasteiger partial charge in [0.05, 0.1) is 6.04 Å². The van der Waals surface area contributed by atoms with E-state index in [1.54, 1.807) is 0 Å². The van der Waals surface area contributed by atoms with Gasteiger partial charge in [0.25, 0.3) is 0 Å². The van der Waals surface area contributed by atoms with Crippen LogP contribution < -0.4 is 10.6 Å². The van der Waals surface area contributed by atoms with Crippen LogP contribution in [0.2, 0.25) is 0 Å². The second kappa shape index (κ2) is 6.22. The molecule has 2 aromatic rings. The molecule has 1 aliphatic carbocycles. The summed E-state index contributed by atoms with van der Waals surface area (Å²) in [5, 5.41) is 6.16. The van der Waals surface area contributed by atoms with Gasteiger partial charge in [0.1, 0.15) is 0 Å². The first-order chi connectivity index (χ1) is 10.6. The normalized spacial score (nSPS) is 15.2. The van der Waals surface area contributed by atoms with E-state index in [2.05, 4.69) is 22.8 Å². The number of hydrogen-bond donors (Lipinski definition) is 2. The zero-order chi connectivity index (χ0) is 15.5. The molecule has 1 saturated carbocycles. The molecule has 0 radical (unpaired) electrons. The molecule has 0 saturated heterocycles. The Kier molecular flexibility index (Phi) is 4.14. The molecule has 22 heavy (non-hydrogen) atoms. The number of nitrogens with one attached hydrogen (secondary N) is 2. The smallest absolute Gasteiger partial charge is 0.319 e. The van der Waals surface area contributed by atoms with E-state index in [9.17, 15) is 4.79 Å². The number of urea groups is 1. The number of hydrogen-bond acceptors (Lipinski definition) is 1. The van der Waals surface area contributed by atoms with Gasteiger partial charge >= 0.3 is 6.03 Å². The van der Waals surface area contributed by atoms with Crippen molar-refractivity contribution in [3.63, 3.8) is 0 Å². The molecule has 114 valence electrons. The third-order valence-corrected chi connectivity index (χ3v) is 4.26. The molecule has 3 heteroatoms. The van der Waals surface area contributed by atoms with Crippen molar-refractivity contribution in [1.29, 1.82) is 0 Å². The zero-order valence-electron chi connectivity index (χ0n) is 13.1. The second-order valence-electron chi connectivity index (χ2n) is 6.09. The van der Waals surface area contributed by atoms with E-state index in [0.29, 0.717) is 5.92 Å². The van der Waals surface area contributed by atoms with Crippen molar-refractivity contribution in [2.45, 2.75) is 32.7 Å². The summed E-state index contributed by atoms with van der Waals surface area (Å²) in [6.45, 7) is 4.02. The van der Waals surface area contributed by atoms with Gasteiger partial charge in [-0.25, -0.2) is 4.79 Å². The Labute approximate surface area is 131 Å².